The van der Waals surface area contributed by atoms with Gasteiger partial charge in [0, 0.05) is 56.6 Å². The summed E-state index contributed by atoms with van der Waals surface area (Å²) in [5.41, 5.74) is 3.42. The summed E-state index contributed by atoms with van der Waals surface area (Å²) in [4.78, 5) is 12.5. The van der Waals surface area contributed by atoms with Crippen LogP contribution in [0, 0.1) is 5.92 Å². The number of nitrogens with one attached hydrogen (secondary N) is 2. The number of nitrogens with zero attached hydrogens (tertiary/aromatic N) is 4. The fourth-order valence-corrected chi connectivity index (χ4v) is 4.07. The first kappa shape index (κ1) is 19.8. The number of rotatable bonds is 9. The lowest BCUT2D eigenvalue weighted by Gasteiger charge is -2.27. The molecule has 0 amide bonds. The largest absolute Gasteiger partial charge is 0.493 e. The van der Waals surface area contributed by atoms with E-state index in [1.807, 2.05) is 18.3 Å². The van der Waals surface area contributed by atoms with Crippen LogP contribution in [-0.4, -0.2) is 71.7 Å². The summed E-state index contributed by atoms with van der Waals surface area (Å²) in [5.74, 6) is 2.47. The highest BCUT2D eigenvalue weighted by atomic mass is 16.5. The molecule has 3 heterocycles. The monoisotopic (exact) mass is 396 g/mol. The van der Waals surface area contributed by atoms with Crippen molar-refractivity contribution >= 4 is 17.0 Å². The Morgan fingerprint density at radius 1 is 1.24 bits per heavy atom. The number of ether oxygens (including phenoxy) is 1. The van der Waals surface area contributed by atoms with Crippen molar-refractivity contribution in [2.45, 2.75) is 19.5 Å². The van der Waals surface area contributed by atoms with Gasteiger partial charge in [0.1, 0.15) is 5.75 Å². The molecule has 0 aliphatic carbocycles. The minimum Gasteiger partial charge on any atom is -0.493 e. The van der Waals surface area contributed by atoms with E-state index in [0.29, 0.717) is 12.5 Å². The van der Waals surface area contributed by atoms with E-state index in [1.54, 1.807) is 0 Å². The van der Waals surface area contributed by atoms with Gasteiger partial charge in [-0.15, -0.1) is 0 Å². The zero-order chi connectivity index (χ0) is 20.2. The van der Waals surface area contributed by atoms with E-state index < -0.39 is 0 Å². The van der Waals surface area contributed by atoms with Crippen molar-refractivity contribution in [2.75, 3.05) is 52.7 Å². The molecule has 29 heavy (non-hydrogen) atoms. The molecule has 0 spiro atoms. The molecule has 3 aromatic rings. The Labute approximate surface area is 172 Å². The van der Waals surface area contributed by atoms with Gasteiger partial charge in [-0.2, -0.15) is 0 Å². The Hall–Kier alpha value is -2.51. The predicted octanol–water partition coefficient (Wildman–Crippen LogP) is 2.87. The Morgan fingerprint density at radius 3 is 2.93 bits per heavy atom. The minimum absolute atomic E-state index is 0.578. The second kappa shape index (κ2) is 8.88. The van der Waals surface area contributed by atoms with E-state index >= 15 is 0 Å². The first-order chi connectivity index (χ1) is 14.1. The normalized spacial score (nSPS) is 16.4. The van der Waals surface area contributed by atoms with Crippen LogP contribution in [0.4, 0.5) is 5.95 Å². The third-order valence-electron chi connectivity index (χ3n) is 5.39. The van der Waals surface area contributed by atoms with Crippen LogP contribution in [0.15, 0.2) is 36.5 Å². The Kier molecular flexibility index (Phi) is 6.06. The van der Waals surface area contributed by atoms with Gasteiger partial charge in [0.05, 0.1) is 17.6 Å². The lowest BCUT2D eigenvalue weighted by atomic mass is 10.1. The molecule has 1 atom stereocenters. The van der Waals surface area contributed by atoms with Gasteiger partial charge >= 0.3 is 0 Å². The molecule has 4 rings (SSSR count). The second-order valence-corrected chi connectivity index (χ2v) is 8.34. The lowest BCUT2D eigenvalue weighted by Crippen LogP contribution is -2.34. The number of aromatic amines is 1. The maximum Gasteiger partial charge on any atom is 0.203 e. The third kappa shape index (κ3) is 4.92. The Morgan fingerprint density at radius 2 is 2.14 bits per heavy atom. The van der Waals surface area contributed by atoms with Crippen molar-refractivity contribution < 1.29 is 4.74 Å². The van der Waals surface area contributed by atoms with Gasteiger partial charge in [-0.25, -0.2) is 4.98 Å². The first-order valence-corrected chi connectivity index (χ1v) is 10.4. The van der Waals surface area contributed by atoms with Gasteiger partial charge in [0.2, 0.25) is 5.95 Å². The van der Waals surface area contributed by atoms with Crippen LogP contribution >= 0.6 is 0 Å². The molecule has 0 fully saturated rings. The zero-order valence-corrected chi connectivity index (χ0v) is 17.7. The molecule has 2 N–H and O–H groups in total. The van der Waals surface area contributed by atoms with Crippen LogP contribution in [-0.2, 0) is 13.1 Å². The van der Waals surface area contributed by atoms with E-state index in [0.717, 1.165) is 61.9 Å². The van der Waals surface area contributed by atoms with Crippen LogP contribution in [0.5, 0.6) is 5.75 Å². The summed E-state index contributed by atoms with van der Waals surface area (Å²) < 4.78 is 8.34. The molecule has 0 saturated carbocycles. The van der Waals surface area contributed by atoms with E-state index in [4.69, 9.17) is 9.72 Å². The molecule has 0 radical (unpaired) electrons. The third-order valence-corrected chi connectivity index (χ3v) is 5.39. The molecule has 1 aromatic carbocycles. The van der Waals surface area contributed by atoms with Crippen molar-refractivity contribution in [1.82, 2.24) is 24.3 Å². The summed E-state index contributed by atoms with van der Waals surface area (Å²) in [6.45, 7) is 5.67. The maximum atomic E-state index is 6.05. The number of anilines is 1. The molecular formula is C22H32N6O. The summed E-state index contributed by atoms with van der Waals surface area (Å²) in [7, 11) is 6.40. The number of fused-ring (bicyclic) bond motifs is 3. The Bertz CT molecular complexity index is 917. The summed E-state index contributed by atoms with van der Waals surface area (Å²) in [6.07, 6.45) is 2.96. The summed E-state index contributed by atoms with van der Waals surface area (Å²) >= 11 is 0. The lowest BCUT2D eigenvalue weighted by molar-refractivity contribution is 0.257. The first-order valence-electron chi connectivity index (χ1n) is 10.4. The highest BCUT2D eigenvalue weighted by Crippen LogP contribution is 2.28. The highest BCUT2D eigenvalue weighted by Gasteiger charge is 2.22. The van der Waals surface area contributed by atoms with Crippen molar-refractivity contribution in [2.24, 2.45) is 5.92 Å². The average Bonchev–Trinajstić information content (AvgIpc) is 3.32. The van der Waals surface area contributed by atoms with Gasteiger partial charge in [0.25, 0.3) is 0 Å². The number of hydrogen-bond donors (Lipinski definition) is 2. The van der Waals surface area contributed by atoms with Crippen molar-refractivity contribution in [1.29, 1.82) is 0 Å². The average molecular weight is 397 g/mol. The van der Waals surface area contributed by atoms with Crippen molar-refractivity contribution in [3.8, 4) is 5.75 Å². The molecule has 0 saturated heterocycles. The van der Waals surface area contributed by atoms with E-state index in [1.165, 1.54) is 5.69 Å². The van der Waals surface area contributed by atoms with Crippen molar-refractivity contribution in [3.05, 3.63) is 42.2 Å². The number of aromatic nitrogens is 3. The van der Waals surface area contributed by atoms with Gasteiger partial charge in [-0.1, -0.05) is 0 Å². The minimum atomic E-state index is 0.578. The molecule has 7 heteroatoms. The molecule has 0 bridgehead atoms. The smallest absolute Gasteiger partial charge is 0.203 e. The zero-order valence-electron chi connectivity index (χ0n) is 17.7. The van der Waals surface area contributed by atoms with Crippen LogP contribution in [0.25, 0.3) is 11.0 Å². The SMILES string of the molecule is CN(C)CC1CNc2nc3ccc(OCCCN(C)Cc4ccc[nH]4)cc3n2C1. The molecule has 2 aromatic heterocycles. The van der Waals surface area contributed by atoms with Gasteiger partial charge in [-0.3, -0.25) is 0 Å². The molecular weight excluding hydrogens is 364 g/mol. The van der Waals surface area contributed by atoms with Crippen molar-refractivity contribution in [3.63, 3.8) is 0 Å². The molecule has 156 valence electrons. The molecule has 1 unspecified atom stereocenters. The van der Waals surface area contributed by atoms with Gasteiger partial charge < -0.3 is 29.4 Å². The van der Waals surface area contributed by atoms with Gasteiger partial charge in [-0.05, 0) is 51.8 Å². The van der Waals surface area contributed by atoms with Crippen LogP contribution in [0.3, 0.4) is 0 Å². The van der Waals surface area contributed by atoms with Crippen LogP contribution < -0.4 is 10.1 Å². The van der Waals surface area contributed by atoms with E-state index in [2.05, 4.69) is 64.0 Å². The van der Waals surface area contributed by atoms with Crippen LogP contribution in [0.1, 0.15) is 12.1 Å². The van der Waals surface area contributed by atoms with Crippen LogP contribution in [0.2, 0.25) is 0 Å². The van der Waals surface area contributed by atoms with E-state index in [-0.39, 0.29) is 0 Å². The summed E-state index contributed by atoms with van der Waals surface area (Å²) in [6, 6.07) is 10.4. The second-order valence-electron chi connectivity index (χ2n) is 8.34. The fraction of sp³-hybridized carbons (Fsp3) is 0.500. The number of hydrogen-bond acceptors (Lipinski definition) is 5. The number of H-pyrrole nitrogens is 1. The van der Waals surface area contributed by atoms with E-state index in [9.17, 15) is 0 Å². The molecule has 1 aliphatic heterocycles. The standard InChI is InChI=1S/C22H32N6O/c1-26(2)14-17-13-24-22-25-20-8-7-19(12-21(20)28(22)15-17)29-11-5-10-27(3)16-18-6-4-9-23-18/h4,6-9,12,17,23H,5,10-11,13-16H2,1-3H3,(H,24,25). The maximum absolute atomic E-state index is 6.05. The highest BCUT2D eigenvalue weighted by molar-refractivity contribution is 5.80. The summed E-state index contributed by atoms with van der Waals surface area (Å²) in [5, 5.41) is 3.49. The van der Waals surface area contributed by atoms with Gasteiger partial charge in [0.15, 0.2) is 0 Å². The number of imidazole rings is 1. The number of benzene rings is 1. The quantitative estimate of drug-likeness (QED) is 0.545. The fourth-order valence-electron chi connectivity index (χ4n) is 4.07. The molecule has 1 aliphatic rings. The topological polar surface area (TPSA) is 61.4 Å². The predicted molar refractivity (Wildman–Crippen MR) is 118 cm³/mol. The Balaban J connectivity index is 1.33. The molecule has 7 nitrogen and oxygen atoms in total.